The van der Waals surface area contributed by atoms with Gasteiger partial charge in [-0.3, -0.25) is 81.5 Å². The number of nitrogens with zero attached hydrogens (tertiary/aromatic N) is 7. The van der Waals surface area contributed by atoms with Gasteiger partial charge in [0.1, 0.15) is 84.6 Å². The molecular weight excluding hydrogens is 1710 g/mol. The fraction of sp³-hybridized carbons (Fsp3) is 0.522. The van der Waals surface area contributed by atoms with E-state index in [9.17, 15) is 38.4 Å². The molecule has 7 heterocycles. The predicted octanol–water partition coefficient (Wildman–Crippen LogP) is 0.405. The smallest absolute Gasteiger partial charge is 0.245 e. The second-order valence-electron chi connectivity index (χ2n) is 33.9. The van der Waals surface area contributed by atoms with Gasteiger partial charge in [0.05, 0.1) is 25.0 Å². The molecule has 0 spiro atoms. The summed E-state index contributed by atoms with van der Waals surface area (Å²) in [6, 6.07) is -5.30. The van der Waals surface area contributed by atoms with Crippen LogP contribution >= 0.6 is 11.8 Å². The molecule has 40 nitrogen and oxygen atoms in total. The van der Waals surface area contributed by atoms with E-state index in [1.807, 2.05) is 64.1 Å². The van der Waals surface area contributed by atoms with Crippen molar-refractivity contribution >= 4 is 134 Å². The van der Waals surface area contributed by atoms with Gasteiger partial charge in [0.2, 0.25) is 100 Å². The topological polar surface area (TPSA) is 568 Å². The number of aromatic amines is 4. The number of fused-ring (bicyclic) bond motifs is 4. The number of carbonyl (C=O) groups excluding carboxylic acids is 17. The number of imidazole rings is 2. The third-order valence-electron chi connectivity index (χ3n) is 23.8. The Balaban J connectivity index is 1.09. The highest BCUT2D eigenvalue weighted by atomic mass is 32.2. The van der Waals surface area contributed by atoms with Crippen molar-refractivity contribution in [3.05, 3.63) is 134 Å². The van der Waals surface area contributed by atoms with Gasteiger partial charge < -0.3 is 109 Å². The molecule has 9 rings (SSSR count). The summed E-state index contributed by atoms with van der Waals surface area (Å²) in [5, 5.41) is 28.8. The van der Waals surface area contributed by atoms with E-state index >= 15 is 43.2 Å². The highest BCUT2D eigenvalue weighted by Gasteiger charge is 2.45. The first-order valence-corrected chi connectivity index (χ1v) is 45.6. The van der Waals surface area contributed by atoms with Crippen molar-refractivity contribution in [1.29, 1.82) is 0 Å². The van der Waals surface area contributed by atoms with Crippen molar-refractivity contribution in [1.82, 2.24) is 108 Å². The molecule has 4 aromatic heterocycles. The van der Waals surface area contributed by atoms with Gasteiger partial charge in [-0.25, -0.2) is 9.97 Å². The minimum atomic E-state index is -1.55. The number of thioether (sulfide) groups is 1. The summed E-state index contributed by atoms with van der Waals surface area (Å²) >= 11 is 0.809. The fourth-order valence-corrected chi connectivity index (χ4v) is 17.3. The van der Waals surface area contributed by atoms with Gasteiger partial charge in [-0.1, -0.05) is 102 Å². The van der Waals surface area contributed by atoms with Crippen molar-refractivity contribution in [3.8, 4) is 0 Å². The zero-order chi connectivity index (χ0) is 95.3. The number of unbranched alkanes of at least 4 members (excludes halogenated alkanes) is 2. The minimum absolute atomic E-state index is 0.0262. The van der Waals surface area contributed by atoms with Crippen molar-refractivity contribution in [3.63, 3.8) is 0 Å². The molecule has 41 heteroatoms. The summed E-state index contributed by atoms with van der Waals surface area (Å²) in [4.78, 5) is 276. The number of likely N-dealkylation sites (N-methyl/N-ethyl adjacent to an activating group) is 3. The quantitative estimate of drug-likeness (QED) is 0.0327. The number of para-hydroxylation sites is 2. The van der Waals surface area contributed by atoms with E-state index in [1.54, 1.807) is 24.5 Å². The van der Waals surface area contributed by atoms with Gasteiger partial charge in [0, 0.05) is 130 Å². The third-order valence-corrected chi connectivity index (χ3v) is 24.8. The lowest BCUT2D eigenvalue weighted by molar-refractivity contribution is -0.149. The van der Waals surface area contributed by atoms with Crippen LogP contribution in [0.1, 0.15) is 153 Å². The molecule has 17 amide bonds. The predicted molar refractivity (Wildman–Crippen MR) is 487 cm³/mol. The number of H-pyrrole nitrogens is 4. The zero-order valence-corrected chi connectivity index (χ0v) is 76.2. The molecule has 1 unspecified atom stereocenters. The number of carbonyl (C=O) groups is 17. The largest absolute Gasteiger partial charge is 0.370 e. The Labute approximate surface area is 764 Å². The van der Waals surface area contributed by atoms with E-state index in [2.05, 4.69) is 96.2 Å². The Hall–Kier alpha value is -13.2. The van der Waals surface area contributed by atoms with Crippen LogP contribution in [0.2, 0.25) is 0 Å². The Kier molecular flexibility index (Phi) is 37.9. The Morgan fingerprint density at radius 2 is 0.954 bits per heavy atom. The first-order valence-electron chi connectivity index (χ1n) is 44.5. The van der Waals surface area contributed by atoms with E-state index in [0.717, 1.165) is 16.7 Å². The van der Waals surface area contributed by atoms with Crippen LogP contribution in [0.5, 0.6) is 0 Å². The van der Waals surface area contributed by atoms with Crippen molar-refractivity contribution < 1.29 is 81.5 Å². The molecule has 3 fully saturated rings. The molecule has 14 atom stereocenters. The first kappa shape index (κ1) is 102. The third kappa shape index (κ3) is 27.9. The molecular formula is C90H125N23O17S. The molecule has 0 aliphatic carbocycles. The molecule has 3 aliphatic heterocycles. The van der Waals surface area contributed by atoms with Gasteiger partial charge in [-0.2, -0.15) is 0 Å². The summed E-state index contributed by atoms with van der Waals surface area (Å²) in [5.74, 6) is -15.2. The number of rotatable bonds is 26. The molecule has 3 saturated heterocycles. The molecule has 2 aromatic carbocycles. The van der Waals surface area contributed by atoms with Crippen LogP contribution in [-0.4, -0.2) is 292 Å². The minimum Gasteiger partial charge on any atom is -0.370 e. The van der Waals surface area contributed by atoms with Crippen molar-refractivity contribution in [2.75, 3.05) is 52.3 Å². The molecule has 0 radical (unpaired) electrons. The summed E-state index contributed by atoms with van der Waals surface area (Å²) in [6.07, 6.45) is 12.2. The number of hydrogen-bond donors (Lipinski definition) is 16. The summed E-state index contributed by atoms with van der Waals surface area (Å²) < 4.78 is 0. The molecule has 0 bridgehead atoms. The van der Waals surface area contributed by atoms with Crippen LogP contribution in [0.3, 0.4) is 0 Å². The van der Waals surface area contributed by atoms with Crippen LogP contribution in [0.15, 0.2) is 111 Å². The standard InChI is InChI=1S/C90H125N23O17S/c1-11-15-29-70-83(123)102-62(24-14-4)80(120)108-69(78(118)97-46-75(92)115)47-131-48-76(116)100-68(41-56-45-94-50-99-56)86(126)109(8)52(7)77(117)103-63(33-34-74(91)114)88(128)112-35-21-31-71(112)85(125)105-65(40-55-44-93-49-98-55)82(122)106-66(37-51(5)6)89(129)113-36-22-32-72(113)84(124)104-64(38-53-42-95-59-27-19-17-25-57(53)59)81(121)101-61(23-13-3)79(119)107-67(39-54-43-96-60-28-20-18-26-58(54)60)87(127)111(10)73(30-16-12-2)90(130)110(70)9/h13-14,17-20,25-28,42-45,49-52,61-73,95-96H,3-4,11-12,15-16,21-24,29-41,46-48H2,1-2,5-10H3,(H2,91,114)(H2,92,115)(H,93,98)(H,94,99)(H,97,118)(H,100,116)(H,101,121)(H,102,123)(H,103,117)(H,104,124)(H,105,125)(H,106,122)(H,107,119)(H,108,120)/t52-,61-,62-,63-,64-,65-,66-,67-,68-,69-,70-,71-,72?,73-/m0/s1. The summed E-state index contributed by atoms with van der Waals surface area (Å²) in [5.41, 5.74) is 14.4. The molecule has 0 saturated carbocycles. The van der Waals surface area contributed by atoms with E-state index in [-0.39, 0.29) is 108 Å². The number of benzene rings is 2. The highest BCUT2D eigenvalue weighted by molar-refractivity contribution is 8.00. The number of nitrogens with two attached hydrogens (primary N) is 2. The van der Waals surface area contributed by atoms with Gasteiger partial charge in [0.15, 0.2) is 0 Å². The van der Waals surface area contributed by atoms with Gasteiger partial charge in [0.25, 0.3) is 0 Å². The Morgan fingerprint density at radius 3 is 1.47 bits per heavy atom. The zero-order valence-electron chi connectivity index (χ0n) is 75.4. The Morgan fingerprint density at radius 1 is 0.504 bits per heavy atom. The van der Waals surface area contributed by atoms with E-state index in [1.165, 1.54) is 84.9 Å². The maximum Gasteiger partial charge on any atom is 0.245 e. The monoisotopic (exact) mass is 1830 g/mol. The normalized spacial score (nSPS) is 24.6. The van der Waals surface area contributed by atoms with E-state index in [0.29, 0.717) is 76.4 Å². The lowest BCUT2D eigenvalue weighted by atomic mass is 9.99. The summed E-state index contributed by atoms with van der Waals surface area (Å²) in [7, 11) is 4.07. The first-order chi connectivity index (χ1) is 62.6. The lowest BCUT2D eigenvalue weighted by Gasteiger charge is -2.36. The number of nitrogens with one attached hydrogen (secondary N) is 14. The Bertz CT molecular complexity index is 5050. The van der Waals surface area contributed by atoms with Crippen molar-refractivity contribution in [2.45, 2.75) is 241 Å². The summed E-state index contributed by atoms with van der Waals surface area (Å²) in [6.45, 7) is 15.7. The van der Waals surface area contributed by atoms with Crippen molar-refractivity contribution in [2.24, 2.45) is 17.4 Å². The van der Waals surface area contributed by atoms with Gasteiger partial charge in [-0.15, -0.1) is 24.9 Å². The molecule has 18 N–H and O–H groups in total. The van der Waals surface area contributed by atoms with Crippen LogP contribution in [0.25, 0.3) is 21.8 Å². The number of hydrogen-bond acceptors (Lipinski definition) is 20. The fourth-order valence-electron chi connectivity index (χ4n) is 16.5. The van der Waals surface area contributed by atoms with Crippen LogP contribution < -0.4 is 64.6 Å². The maximum atomic E-state index is 15.8. The number of aromatic nitrogens is 6. The molecule has 6 aromatic rings. The second-order valence-corrected chi connectivity index (χ2v) is 34.9. The number of primary amides is 2. The highest BCUT2D eigenvalue weighted by Crippen LogP contribution is 2.28. The van der Waals surface area contributed by atoms with E-state index < -0.39 is 204 Å². The number of amides is 17. The SMILES string of the molecule is C=CC[C@@H]1NC(=O)[C@H](Cc2c[nH]c3ccccc23)NC(=O)C2CCCN2C(=O)[C@H](CC(C)C)NC(=O)[C@H](Cc2cnc[nH]2)NC(=O)[C@@H]2CCCN2C(=O)[C@H](CCC(N)=O)NC(=O)[C@H](C)N(C)C(=O)[C@H](Cc2cnc[nH]2)NC(=O)CSC[C@@H](C(=O)NCC(N)=O)NC(=O)[C@H](CC=C)NC(=O)[C@H](CCCC)N(C)C(=O)[C@H](CCCC)N(C)C(=O)[C@H](Cc2c[nH]c3ccccc23)NC1=O. The lowest BCUT2D eigenvalue weighted by Crippen LogP contribution is -2.61. The average molecular weight is 1830 g/mol. The molecule has 3 aliphatic rings. The second kappa shape index (κ2) is 49.0. The maximum absolute atomic E-state index is 15.8. The van der Waals surface area contributed by atoms with Gasteiger partial charge in [-0.05, 0) is 100 Å². The average Bonchev–Trinajstić information content (AvgIpc) is 1.35. The van der Waals surface area contributed by atoms with Crippen LogP contribution in [0.4, 0.5) is 0 Å². The van der Waals surface area contributed by atoms with Crippen LogP contribution in [-0.2, 0) is 107 Å². The van der Waals surface area contributed by atoms with Crippen LogP contribution in [0, 0.1) is 5.92 Å². The van der Waals surface area contributed by atoms with Gasteiger partial charge >= 0.3 is 0 Å². The molecule has 131 heavy (non-hydrogen) atoms. The van der Waals surface area contributed by atoms with E-state index in [4.69, 9.17) is 11.5 Å². The molecule has 708 valence electrons.